The number of rotatable bonds is 10. The summed E-state index contributed by atoms with van der Waals surface area (Å²) in [5, 5.41) is 9.57. The first-order valence-electron chi connectivity index (χ1n) is 14.2. The predicted molar refractivity (Wildman–Crippen MR) is 172 cm³/mol. The zero-order valence-corrected chi connectivity index (χ0v) is 26.2. The molecule has 0 bridgehead atoms. The van der Waals surface area contributed by atoms with Crippen LogP contribution in [0.25, 0.3) is 17.1 Å². The molecule has 2 amide bonds. The summed E-state index contributed by atoms with van der Waals surface area (Å²) >= 11 is 1.48. The lowest BCUT2D eigenvalue weighted by Gasteiger charge is -2.13. The maximum Gasteiger partial charge on any atom is 0.573 e. The number of halogens is 3. The largest absolute Gasteiger partial charge is 0.573 e. The average molecular weight is 651 g/mol. The number of hydrogen-bond donors (Lipinski definition) is 4. The summed E-state index contributed by atoms with van der Waals surface area (Å²) < 4.78 is 45.6. The molecule has 0 aliphatic heterocycles. The Morgan fingerprint density at radius 2 is 1.85 bits per heavy atom. The number of carbonyl (C=O) groups is 1. The van der Waals surface area contributed by atoms with Crippen LogP contribution in [0.4, 0.5) is 18.0 Å². The van der Waals surface area contributed by atoms with E-state index in [0.29, 0.717) is 30.4 Å². The number of nitrogens with one attached hydrogen (secondary N) is 3. The van der Waals surface area contributed by atoms with E-state index in [9.17, 15) is 18.0 Å². The van der Waals surface area contributed by atoms with Crippen LogP contribution in [0.2, 0.25) is 0 Å². The number of hydrogen-bond acceptors (Lipinski definition) is 7. The molecule has 3 aromatic carbocycles. The van der Waals surface area contributed by atoms with Crippen molar-refractivity contribution in [2.24, 2.45) is 10.7 Å². The molecule has 4 aromatic rings. The molecule has 0 spiro atoms. The van der Waals surface area contributed by atoms with Crippen LogP contribution in [0.1, 0.15) is 42.9 Å². The van der Waals surface area contributed by atoms with Gasteiger partial charge >= 0.3 is 12.4 Å². The van der Waals surface area contributed by atoms with Gasteiger partial charge in [-0.1, -0.05) is 37.8 Å². The molecule has 14 heteroatoms. The quantitative estimate of drug-likeness (QED) is 0.0555. The number of ether oxygens (including phenoxy) is 1. The number of aryl methyl sites for hydroxylation is 1. The fourth-order valence-corrected chi connectivity index (χ4v) is 5.01. The minimum atomic E-state index is -4.75. The lowest BCUT2D eigenvalue weighted by atomic mass is 10.0. The number of benzene rings is 3. The molecular weight excluding hydrogens is 617 g/mol. The van der Waals surface area contributed by atoms with Crippen LogP contribution in [-0.4, -0.2) is 46.3 Å². The van der Waals surface area contributed by atoms with E-state index in [0.717, 1.165) is 16.0 Å². The number of amides is 2. The van der Waals surface area contributed by atoms with Gasteiger partial charge < -0.3 is 15.8 Å². The van der Waals surface area contributed by atoms with Crippen molar-refractivity contribution in [2.75, 3.05) is 13.2 Å². The number of guanidine groups is 1. The van der Waals surface area contributed by atoms with E-state index in [-0.39, 0.29) is 18.4 Å². The Labute approximate surface area is 269 Å². The summed E-state index contributed by atoms with van der Waals surface area (Å²) in [6.07, 6.45) is -2.87. The Morgan fingerprint density at radius 3 is 2.54 bits per heavy atom. The second kappa shape index (κ2) is 15.8. The number of nitrogens with two attached hydrogens (primary N) is 1. The standard InChI is InChI=1S/C32H33F3N8O2S/c1-21(2)27-16-7-22(3)18-28(27)46-40-19-38-30(36)41-31(44)37-17-5-4-6-23-8-10-24(11-9-23)29-39-20-43(42-29)25-12-14-26(15-13-25)45-32(33,34)35/h7-16,18,20-21,40H,5,17,19H2,1-3H3,(H4,36,37,38,41,44). The highest BCUT2D eigenvalue weighted by molar-refractivity contribution is 7.97. The van der Waals surface area contributed by atoms with E-state index in [1.807, 2.05) is 31.2 Å². The van der Waals surface area contributed by atoms with Gasteiger partial charge in [0.25, 0.3) is 0 Å². The van der Waals surface area contributed by atoms with Gasteiger partial charge in [-0.2, -0.15) is 0 Å². The molecule has 0 atom stereocenters. The monoisotopic (exact) mass is 650 g/mol. The molecule has 5 N–H and O–H groups in total. The van der Waals surface area contributed by atoms with Gasteiger partial charge in [0.2, 0.25) is 0 Å². The summed E-state index contributed by atoms with van der Waals surface area (Å²) in [5.74, 6) is 6.55. The van der Waals surface area contributed by atoms with E-state index in [4.69, 9.17) is 5.73 Å². The number of alkyl halides is 3. The number of aromatic nitrogens is 3. The first kappa shape index (κ1) is 33.9. The topological polar surface area (TPSA) is 131 Å². The highest BCUT2D eigenvalue weighted by Gasteiger charge is 2.31. The number of urea groups is 1. The van der Waals surface area contributed by atoms with Crippen LogP contribution in [0.5, 0.6) is 5.75 Å². The molecule has 10 nitrogen and oxygen atoms in total. The van der Waals surface area contributed by atoms with Crippen LogP contribution >= 0.6 is 11.9 Å². The summed E-state index contributed by atoms with van der Waals surface area (Å²) in [6, 6.07) is 18.4. The highest BCUT2D eigenvalue weighted by atomic mass is 32.2. The Bertz CT molecular complexity index is 1710. The molecule has 0 saturated carbocycles. The number of aliphatic imine (C=N–C) groups is 1. The third-order valence-corrected chi connectivity index (χ3v) is 7.11. The average Bonchev–Trinajstić information content (AvgIpc) is 3.49. The van der Waals surface area contributed by atoms with Crippen LogP contribution in [0.15, 0.2) is 82.9 Å². The van der Waals surface area contributed by atoms with Gasteiger partial charge in [0.1, 0.15) is 18.7 Å². The van der Waals surface area contributed by atoms with Crippen molar-refractivity contribution in [3.05, 3.63) is 89.7 Å². The minimum Gasteiger partial charge on any atom is -0.406 e. The lowest BCUT2D eigenvalue weighted by molar-refractivity contribution is -0.274. The summed E-state index contributed by atoms with van der Waals surface area (Å²) in [6.45, 7) is 6.88. The second-order valence-electron chi connectivity index (χ2n) is 10.2. The molecule has 0 unspecified atom stereocenters. The molecule has 0 saturated heterocycles. The van der Waals surface area contributed by atoms with Crippen LogP contribution < -0.4 is 25.8 Å². The Morgan fingerprint density at radius 1 is 1.11 bits per heavy atom. The van der Waals surface area contributed by atoms with Crippen molar-refractivity contribution in [1.29, 1.82) is 0 Å². The van der Waals surface area contributed by atoms with E-state index >= 15 is 0 Å². The minimum absolute atomic E-state index is 0.00198. The van der Waals surface area contributed by atoms with Crippen LogP contribution in [-0.2, 0) is 0 Å². The summed E-state index contributed by atoms with van der Waals surface area (Å²) in [5.41, 5.74) is 10.3. The zero-order chi connectivity index (χ0) is 33.1. The number of carbonyl (C=O) groups excluding carboxylic acids is 1. The molecular formula is C32H33F3N8O2S. The third-order valence-electron chi connectivity index (χ3n) is 6.27. The lowest BCUT2D eigenvalue weighted by Crippen LogP contribution is -2.43. The predicted octanol–water partition coefficient (Wildman–Crippen LogP) is 5.87. The van der Waals surface area contributed by atoms with E-state index < -0.39 is 12.4 Å². The van der Waals surface area contributed by atoms with Gasteiger partial charge in [0, 0.05) is 29.0 Å². The molecule has 4 rings (SSSR count). The van der Waals surface area contributed by atoms with E-state index in [1.165, 1.54) is 58.3 Å². The van der Waals surface area contributed by atoms with Crippen LogP contribution in [0.3, 0.4) is 0 Å². The molecule has 1 aromatic heterocycles. The van der Waals surface area contributed by atoms with Gasteiger partial charge in [0.05, 0.1) is 5.69 Å². The van der Waals surface area contributed by atoms with Gasteiger partial charge in [0.15, 0.2) is 11.8 Å². The fraction of sp³-hybridized carbons (Fsp3) is 0.250. The van der Waals surface area contributed by atoms with Gasteiger partial charge in [-0.05, 0) is 90.5 Å². The van der Waals surface area contributed by atoms with Gasteiger partial charge in [-0.25, -0.2) is 24.2 Å². The van der Waals surface area contributed by atoms with Gasteiger partial charge in [-0.15, -0.1) is 18.3 Å². The summed E-state index contributed by atoms with van der Waals surface area (Å²) in [7, 11) is 0. The molecule has 0 fully saturated rings. The number of nitrogens with zero attached hydrogens (tertiary/aromatic N) is 4. The second-order valence-corrected chi connectivity index (χ2v) is 11.1. The highest BCUT2D eigenvalue weighted by Crippen LogP contribution is 2.28. The van der Waals surface area contributed by atoms with E-state index in [1.54, 1.807) is 0 Å². The molecule has 1 heterocycles. The third kappa shape index (κ3) is 10.6. The van der Waals surface area contributed by atoms with Crippen molar-refractivity contribution in [3.8, 4) is 34.7 Å². The van der Waals surface area contributed by atoms with Gasteiger partial charge in [-0.3, -0.25) is 5.32 Å². The van der Waals surface area contributed by atoms with Crippen LogP contribution in [0, 0.1) is 18.8 Å². The van der Waals surface area contributed by atoms with Crippen molar-refractivity contribution >= 4 is 23.9 Å². The smallest absolute Gasteiger partial charge is 0.406 e. The normalized spacial score (nSPS) is 11.6. The van der Waals surface area contributed by atoms with E-state index in [2.05, 4.69) is 79.1 Å². The Kier molecular flexibility index (Phi) is 11.7. The van der Waals surface area contributed by atoms with Crippen molar-refractivity contribution < 1.29 is 22.7 Å². The molecule has 0 aliphatic rings. The maximum absolute atomic E-state index is 12.4. The SMILES string of the molecule is Cc1ccc(C(C)C)c(SNCN=C(N)NC(=O)NCCC#Cc2ccc(-c3ncn(-c4ccc(OC(F)(F)F)cc4)n3)cc2)c1. The first-order valence-corrected chi connectivity index (χ1v) is 15.0. The first-order chi connectivity index (χ1) is 22.0. The van der Waals surface area contributed by atoms with Crippen molar-refractivity contribution in [1.82, 2.24) is 30.1 Å². The van der Waals surface area contributed by atoms with Crippen molar-refractivity contribution in [2.45, 2.75) is 44.4 Å². The molecule has 46 heavy (non-hydrogen) atoms. The molecule has 240 valence electrons. The van der Waals surface area contributed by atoms with Crippen molar-refractivity contribution in [3.63, 3.8) is 0 Å². The maximum atomic E-state index is 12.4. The molecule has 0 radical (unpaired) electrons. The molecule has 0 aliphatic carbocycles. The summed E-state index contributed by atoms with van der Waals surface area (Å²) in [4.78, 5) is 21.7. The zero-order valence-electron chi connectivity index (χ0n) is 25.4. The Hall–Kier alpha value is -5.00. The fourth-order valence-electron chi connectivity index (χ4n) is 4.06. The Balaban J connectivity index is 1.17.